The van der Waals surface area contributed by atoms with E-state index in [1.807, 2.05) is 12.1 Å². The number of hydrogen-bond donors (Lipinski definition) is 0. The van der Waals surface area contributed by atoms with Gasteiger partial charge in [0.15, 0.2) is 5.13 Å². The molecule has 2 rings (SSSR count). The van der Waals surface area contributed by atoms with Gasteiger partial charge in [0.1, 0.15) is 5.75 Å². The van der Waals surface area contributed by atoms with E-state index in [0.29, 0.717) is 0 Å². The van der Waals surface area contributed by atoms with Gasteiger partial charge in [-0.15, -0.1) is 11.3 Å². The second-order valence-corrected chi connectivity index (χ2v) is 4.08. The zero-order chi connectivity index (χ0) is 10.1. The zero-order valence-electron chi connectivity index (χ0n) is 8.13. The molecule has 0 unspecified atom stereocenters. The molecule has 0 atom stereocenters. The number of aryl methyl sites for hydroxylation is 1. The monoisotopic (exact) mass is 210 g/mol. The third-order valence-corrected chi connectivity index (χ3v) is 3.25. The summed E-state index contributed by atoms with van der Waals surface area (Å²) in [6.45, 7) is 2.07. The van der Waals surface area contributed by atoms with E-state index in [9.17, 15) is 4.39 Å². The van der Waals surface area contributed by atoms with Crippen molar-refractivity contribution in [2.24, 2.45) is 0 Å². The number of fused-ring (bicyclic) bond motifs is 1. The highest BCUT2D eigenvalue weighted by molar-refractivity contribution is 7.18. The van der Waals surface area contributed by atoms with Crippen LogP contribution in [0.15, 0.2) is 18.2 Å². The normalized spacial score (nSPS) is 10.8. The minimum atomic E-state index is -0.154. The fraction of sp³-hybridized carbons (Fsp3) is 0.273. The number of benzene rings is 1. The van der Waals surface area contributed by atoms with Gasteiger partial charge in [-0.2, -0.15) is 4.39 Å². The van der Waals surface area contributed by atoms with Crippen molar-refractivity contribution in [3.63, 3.8) is 0 Å². The lowest BCUT2D eigenvalue weighted by molar-refractivity contribution is 0.420. The van der Waals surface area contributed by atoms with Crippen LogP contribution in [0.4, 0.5) is 4.39 Å². The molecule has 2 aromatic rings. The van der Waals surface area contributed by atoms with E-state index in [1.165, 1.54) is 5.56 Å². The van der Waals surface area contributed by atoms with Gasteiger partial charge in [-0.3, -0.25) is 0 Å². The van der Waals surface area contributed by atoms with Gasteiger partial charge in [-0.25, -0.2) is 0 Å². The minimum Gasteiger partial charge on any atom is -0.495 e. The average molecular weight is 210 g/mol. The van der Waals surface area contributed by atoms with Gasteiger partial charge in [-0.05, 0) is 24.1 Å². The number of halogens is 1. The molecular weight excluding hydrogens is 199 g/mol. The number of ether oxygens (including phenoxy) is 1. The molecule has 1 aromatic carbocycles. The summed E-state index contributed by atoms with van der Waals surface area (Å²) in [6, 6.07) is 5.48. The first-order chi connectivity index (χ1) is 6.76. The summed E-state index contributed by atoms with van der Waals surface area (Å²) in [4.78, 5) is 0. The van der Waals surface area contributed by atoms with Crippen LogP contribution in [-0.4, -0.2) is 7.11 Å². The molecule has 0 bridgehead atoms. The number of hydrogen-bond acceptors (Lipinski definition) is 2. The molecule has 0 amide bonds. The summed E-state index contributed by atoms with van der Waals surface area (Å²) in [6.07, 6.45) is 0.913. The number of methoxy groups -OCH3 is 1. The number of thiophene rings is 1. The smallest absolute Gasteiger partial charge is 0.177 e. The van der Waals surface area contributed by atoms with Gasteiger partial charge in [0.05, 0.1) is 11.8 Å². The summed E-state index contributed by atoms with van der Waals surface area (Å²) in [5.74, 6) is 0.756. The van der Waals surface area contributed by atoms with Crippen LogP contribution >= 0.6 is 11.3 Å². The Balaban J connectivity index is 2.77. The Bertz CT molecular complexity index is 421. The molecule has 0 N–H and O–H groups in total. The molecule has 0 aliphatic heterocycles. The Kier molecular flexibility index (Phi) is 2.42. The van der Waals surface area contributed by atoms with E-state index in [4.69, 9.17) is 4.74 Å². The Morgan fingerprint density at radius 3 is 2.86 bits per heavy atom. The summed E-state index contributed by atoms with van der Waals surface area (Å²) in [5, 5.41) is 0.827. The molecule has 0 aliphatic carbocycles. The molecule has 0 fully saturated rings. The lowest BCUT2D eigenvalue weighted by Crippen LogP contribution is -1.85. The van der Waals surface area contributed by atoms with Crippen LogP contribution < -0.4 is 4.74 Å². The molecule has 74 valence electrons. The quantitative estimate of drug-likeness (QED) is 0.735. The van der Waals surface area contributed by atoms with Gasteiger partial charge < -0.3 is 4.74 Å². The number of rotatable bonds is 2. The van der Waals surface area contributed by atoms with Crippen LogP contribution in [0.25, 0.3) is 10.1 Å². The van der Waals surface area contributed by atoms with Gasteiger partial charge in [0.2, 0.25) is 0 Å². The second-order valence-electron chi connectivity index (χ2n) is 3.07. The first kappa shape index (κ1) is 9.46. The van der Waals surface area contributed by atoms with Crippen LogP contribution in [-0.2, 0) is 6.42 Å². The van der Waals surface area contributed by atoms with Crippen molar-refractivity contribution >= 4 is 21.4 Å². The highest BCUT2D eigenvalue weighted by atomic mass is 32.1. The SMILES string of the molecule is CCc1ccc(OC)c2sc(F)cc12. The molecule has 1 aromatic heterocycles. The maximum Gasteiger partial charge on any atom is 0.177 e. The van der Waals surface area contributed by atoms with Crippen molar-refractivity contribution in [3.8, 4) is 5.75 Å². The molecular formula is C11H11FOS. The fourth-order valence-electron chi connectivity index (χ4n) is 1.59. The van der Waals surface area contributed by atoms with Gasteiger partial charge in [-0.1, -0.05) is 13.0 Å². The Morgan fingerprint density at radius 1 is 1.43 bits per heavy atom. The summed E-state index contributed by atoms with van der Waals surface area (Å²) < 4.78 is 19.2. The Labute approximate surface area is 86.1 Å². The zero-order valence-corrected chi connectivity index (χ0v) is 8.95. The summed E-state index contributed by atoms with van der Waals surface area (Å²) in [5.41, 5.74) is 1.17. The van der Waals surface area contributed by atoms with Crippen molar-refractivity contribution in [1.82, 2.24) is 0 Å². The maximum absolute atomic E-state index is 13.1. The fourth-order valence-corrected chi connectivity index (χ4v) is 2.52. The molecule has 1 heterocycles. The third-order valence-electron chi connectivity index (χ3n) is 2.31. The minimum absolute atomic E-state index is 0.154. The molecule has 14 heavy (non-hydrogen) atoms. The van der Waals surface area contributed by atoms with E-state index < -0.39 is 0 Å². The van der Waals surface area contributed by atoms with Crippen LogP contribution in [0.2, 0.25) is 0 Å². The van der Waals surface area contributed by atoms with Gasteiger partial charge in [0, 0.05) is 5.39 Å². The third kappa shape index (κ3) is 1.38. The topological polar surface area (TPSA) is 9.23 Å². The molecule has 0 saturated carbocycles. The first-order valence-corrected chi connectivity index (χ1v) is 5.32. The van der Waals surface area contributed by atoms with Crippen LogP contribution in [0.3, 0.4) is 0 Å². The van der Waals surface area contributed by atoms with Gasteiger partial charge in [0.25, 0.3) is 0 Å². The highest BCUT2D eigenvalue weighted by Gasteiger charge is 2.09. The first-order valence-electron chi connectivity index (χ1n) is 4.51. The maximum atomic E-state index is 13.1. The summed E-state index contributed by atoms with van der Waals surface area (Å²) >= 11 is 1.14. The second kappa shape index (κ2) is 3.58. The predicted octanol–water partition coefficient (Wildman–Crippen LogP) is 3.61. The Hall–Kier alpha value is -1.09. The van der Waals surface area contributed by atoms with E-state index in [1.54, 1.807) is 13.2 Å². The average Bonchev–Trinajstić information content (AvgIpc) is 2.57. The molecule has 0 saturated heterocycles. The van der Waals surface area contributed by atoms with Crippen molar-refractivity contribution in [3.05, 3.63) is 28.9 Å². The van der Waals surface area contributed by atoms with E-state index in [2.05, 4.69) is 6.92 Å². The standard InChI is InChI=1S/C11H11FOS/c1-3-7-4-5-9(13-2)11-8(7)6-10(12)14-11/h4-6H,3H2,1-2H3. The van der Waals surface area contributed by atoms with Crippen molar-refractivity contribution in [2.75, 3.05) is 7.11 Å². The Morgan fingerprint density at radius 2 is 2.21 bits per heavy atom. The van der Waals surface area contributed by atoms with Crippen LogP contribution in [0.5, 0.6) is 5.75 Å². The molecule has 0 aliphatic rings. The molecule has 3 heteroatoms. The van der Waals surface area contributed by atoms with Crippen LogP contribution in [0, 0.1) is 5.13 Å². The molecule has 1 nitrogen and oxygen atoms in total. The van der Waals surface area contributed by atoms with Crippen molar-refractivity contribution in [2.45, 2.75) is 13.3 Å². The van der Waals surface area contributed by atoms with Crippen LogP contribution in [0.1, 0.15) is 12.5 Å². The van der Waals surface area contributed by atoms with Gasteiger partial charge >= 0.3 is 0 Å². The van der Waals surface area contributed by atoms with E-state index in [0.717, 1.165) is 33.6 Å². The molecule has 0 radical (unpaired) electrons. The largest absolute Gasteiger partial charge is 0.495 e. The highest BCUT2D eigenvalue weighted by Crippen LogP contribution is 2.35. The lowest BCUT2D eigenvalue weighted by atomic mass is 10.1. The van der Waals surface area contributed by atoms with Crippen molar-refractivity contribution in [1.29, 1.82) is 0 Å². The van der Waals surface area contributed by atoms with E-state index >= 15 is 0 Å². The van der Waals surface area contributed by atoms with E-state index in [-0.39, 0.29) is 5.13 Å². The lowest BCUT2D eigenvalue weighted by Gasteiger charge is -2.04. The summed E-state index contributed by atoms with van der Waals surface area (Å²) in [7, 11) is 1.61. The van der Waals surface area contributed by atoms with Crippen molar-refractivity contribution < 1.29 is 9.13 Å². The predicted molar refractivity (Wildman–Crippen MR) is 57.7 cm³/mol. The molecule has 0 spiro atoms.